The summed E-state index contributed by atoms with van der Waals surface area (Å²) in [7, 11) is -1.70. The first-order valence-corrected chi connectivity index (χ1v) is 10.7. The normalized spacial score (nSPS) is 37.2. The van der Waals surface area contributed by atoms with E-state index in [-0.39, 0.29) is 16.9 Å². The molecule has 2 aliphatic carbocycles. The number of hydrogen-bond acceptors (Lipinski definition) is 2. The summed E-state index contributed by atoms with van der Waals surface area (Å²) in [6.07, 6.45) is 8.03. The van der Waals surface area contributed by atoms with Crippen LogP contribution in [-0.2, 0) is 4.43 Å². The Labute approximate surface area is 125 Å². The molecule has 3 heteroatoms. The smallest absolute Gasteiger partial charge is 0.191 e. The Morgan fingerprint density at radius 3 is 2.65 bits per heavy atom. The Kier molecular flexibility index (Phi) is 4.09. The maximum absolute atomic E-state index is 10.9. The molecule has 1 N–H and O–H groups in total. The van der Waals surface area contributed by atoms with Crippen LogP contribution >= 0.6 is 0 Å². The first-order chi connectivity index (χ1) is 9.12. The lowest BCUT2D eigenvalue weighted by atomic mass is 9.85. The molecule has 0 unspecified atom stereocenters. The third kappa shape index (κ3) is 2.56. The van der Waals surface area contributed by atoms with E-state index in [1.807, 2.05) is 6.08 Å². The van der Waals surface area contributed by atoms with Crippen molar-refractivity contribution < 1.29 is 9.53 Å². The summed E-state index contributed by atoms with van der Waals surface area (Å²) in [5.74, 6) is 0.877. The molecule has 1 fully saturated rings. The highest BCUT2D eigenvalue weighted by atomic mass is 28.4. The standard InChI is InChI=1S/C17H30O2Si/c1-7-14-11-13(15-9-8-10-17(14,15)18)12-19-20(5,6)16(2,3)4/h7-9,13-15,18H,1,10-12H2,2-6H3/t13-,14-,15+,17+/m0/s1. The van der Waals surface area contributed by atoms with Crippen LogP contribution in [-0.4, -0.2) is 25.6 Å². The molecule has 2 rings (SSSR count). The Morgan fingerprint density at radius 1 is 1.45 bits per heavy atom. The summed E-state index contributed by atoms with van der Waals surface area (Å²) in [5.41, 5.74) is -0.594. The first kappa shape index (κ1) is 16.0. The molecule has 0 heterocycles. The maximum Gasteiger partial charge on any atom is 0.191 e. The molecular formula is C17H30O2Si. The van der Waals surface area contributed by atoms with Crippen molar-refractivity contribution in [3.8, 4) is 0 Å². The van der Waals surface area contributed by atoms with Gasteiger partial charge in [0.15, 0.2) is 8.32 Å². The Bertz CT molecular complexity index is 408. The predicted octanol–water partition coefficient (Wildman–Crippen LogP) is 4.14. The van der Waals surface area contributed by atoms with Crippen molar-refractivity contribution in [3.05, 3.63) is 24.8 Å². The quantitative estimate of drug-likeness (QED) is 0.624. The Hall–Kier alpha value is -0.383. The van der Waals surface area contributed by atoms with E-state index >= 15 is 0 Å². The molecule has 0 saturated heterocycles. The molecule has 0 radical (unpaired) electrons. The van der Waals surface area contributed by atoms with Crippen molar-refractivity contribution in [2.24, 2.45) is 17.8 Å². The van der Waals surface area contributed by atoms with Gasteiger partial charge in [0.1, 0.15) is 0 Å². The number of rotatable bonds is 4. The second kappa shape index (κ2) is 5.11. The summed E-state index contributed by atoms with van der Waals surface area (Å²) in [6, 6.07) is 0. The minimum absolute atomic E-state index is 0.204. The van der Waals surface area contributed by atoms with Crippen molar-refractivity contribution in [2.45, 2.75) is 57.3 Å². The van der Waals surface area contributed by atoms with Gasteiger partial charge in [-0.3, -0.25) is 0 Å². The van der Waals surface area contributed by atoms with E-state index in [1.54, 1.807) is 0 Å². The molecule has 0 aliphatic heterocycles. The van der Waals surface area contributed by atoms with Gasteiger partial charge in [-0.05, 0) is 36.9 Å². The summed E-state index contributed by atoms with van der Waals surface area (Å²) in [4.78, 5) is 0. The summed E-state index contributed by atoms with van der Waals surface area (Å²) >= 11 is 0. The molecule has 0 amide bonds. The van der Waals surface area contributed by atoms with Crippen molar-refractivity contribution in [3.63, 3.8) is 0 Å². The van der Waals surface area contributed by atoms with Crippen LogP contribution in [0.3, 0.4) is 0 Å². The second-order valence-corrected chi connectivity index (χ2v) is 12.9. The predicted molar refractivity (Wildman–Crippen MR) is 87.1 cm³/mol. The van der Waals surface area contributed by atoms with Gasteiger partial charge in [-0.25, -0.2) is 0 Å². The highest BCUT2D eigenvalue weighted by Gasteiger charge is 2.53. The van der Waals surface area contributed by atoms with Gasteiger partial charge in [0.05, 0.1) is 5.60 Å². The summed E-state index contributed by atoms with van der Waals surface area (Å²) in [6.45, 7) is 16.1. The number of hydrogen-bond donors (Lipinski definition) is 1. The molecule has 1 saturated carbocycles. The van der Waals surface area contributed by atoms with Crippen LogP contribution in [0.2, 0.25) is 18.1 Å². The average Bonchev–Trinajstić information content (AvgIpc) is 2.81. The topological polar surface area (TPSA) is 29.5 Å². The zero-order chi connectivity index (χ0) is 15.2. The van der Waals surface area contributed by atoms with Crippen molar-refractivity contribution in [1.82, 2.24) is 0 Å². The molecule has 0 aromatic carbocycles. The Balaban J connectivity index is 2.05. The minimum Gasteiger partial charge on any atom is -0.417 e. The van der Waals surface area contributed by atoms with Gasteiger partial charge in [-0.1, -0.05) is 39.0 Å². The summed E-state index contributed by atoms with van der Waals surface area (Å²) < 4.78 is 6.38. The average molecular weight is 295 g/mol. The SMILES string of the molecule is C=C[C@H]1C[C@@H](CO[Si](C)(C)C(C)(C)C)[C@H]2C=CC[C@]21O. The fraction of sp³-hybridized carbons (Fsp3) is 0.765. The lowest BCUT2D eigenvalue weighted by molar-refractivity contribution is -0.00345. The lowest BCUT2D eigenvalue weighted by Crippen LogP contribution is -2.43. The Morgan fingerprint density at radius 2 is 2.10 bits per heavy atom. The van der Waals surface area contributed by atoms with E-state index in [4.69, 9.17) is 4.43 Å². The number of fused-ring (bicyclic) bond motifs is 1. The zero-order valence-electron chi connectivity index (χ0n) is 13.6. The third-order valence-electron chi connectivity index (χ3n) is 5.82. The van der Waals surface area contributed by atoms with Crippen LogP contribution in [0.4, 0.5) is 0 Å². The van der Waals surface area contributed by atoms with Crippen LogP contribution in [0.5, 0.6) is 0 Å². The van der Waals surface area contributed by atoms with Crippen molar-refractivity contribution in [1.29, 1.82) is 0 Å². The number of aliphatic hydroxyl groups is 1. The van der Waals surface area contributed by atoms with E-state index in [1.165, 1.54) is 0 Å². The molecule has 2 aliphatic rings. The van der Waals surface area contributed by atoms with E-state index < -0.39 is 13.9 Å². The van der Waals surface area contributed by atoms with Crippen LogP contribution < -0.4 is 0 Å². The van der Waals surface area contributed by atoms with E-state index in [0.717, 1.165) is 19.4 Å². The van der Waals surface area contributed by atoms with Gasteiger partial charge in [-0.2, -0.15) is 0 Å². The highest BCUT2D eigenvalue weighted by Crippen LogP contribution is 2.51. The van der Waals surface area contributed by atoms with Crippen LogP contribution in [0, 0.1) is 17.8 Å². The zero-order valence-corrected chi connectivity index (χ0v) is 14.6. The molecule has 0 aromatic heterocycles. The molecule has 20 heavy (non-hydrogen) atoms. The molecule has 0 aromatic rings. The second-order valence-electron chi connectivity index (χ2n) is 8.06. The van der Waals surface area contributed by atoms with Crippen LogP contribution in [0.25, 0.3) is 0 Å². The fourth-order valence-electron chi connectivity index (χ4n) is 3.35. The molecule has 0 bridgehead atoms. The van der Waals surface area contributed by atoms with Gasteiger partial charge in [-0.15, -0.1) is 6.58 Å². The highest BCUT2D eigenvalue weighted by molar-refractivity contribution is 6.74. The molecule has 0 spiro atoms. The van der Waals surface area contributed by atoms with Crippen molar-refractivity contribution >= 4 is 8.32 Å². The maximum atomic E-state index is 10.9. The molecule has 114 valence electrons. The van der Waals surface area contributed by atoms with E-state index in [9.17, 15) is 5.11 Å². The van der Waals surface area contributed by atoms with Gasteiger partial charge in [0, 0.05) is 18.4 Å². The third-order valence-corrected chi connectivity index (χ3v) is 10.3. The lowest BCUT2D eigenvalue weighted by Gasteiger charge is -2.37. The van der Waals surface area contributed by atoms with Gasteiger partial charge >= 0.3 is 0 Å². The fourth-order valence-corrected chi connectivity index (χ4v) is 4.41. The van der Waals surface area contributed by atoms with Crippen LogP contribution in [0.15, 0.2) is 24.8 Å². The first-order valence-electron chi connectivity index (χ1n) is 7.77. The van der Waals surface area contributed by atoms with Gasteiger partial charge < -0.3 is 9.53 Å². The van der Waals surface area contributed by atoms with Crippen LogP contribution in [0.1, 0.15) is 33.6 Å². The molecule has 4 atom stereocenters. The molecular weight excluding hydrogens is 264 g/mol. The largest absolute Gasteiger partial charge is 0.417 e. The van der Waals surface area contributed by atoms with E-state index in [2.05, 4.69) is 52.6 Å². The van der Waals surface area contributed by atoms with Gasteiger partial charge in [0.2, 0.25) is 0 Å². The van der Waals surface area contributed by atoms with E-state index in [0.29, 0.717) is 5.92 Å². The minimum atomic E-state index is -1.70. The van der Waals surface area contributed by atoms with Gasteiger partial charge in [0.25, 0.3) is 0 Å². The van der Waals surface area contributed by atoms with Crippen molar-refractivity contribution in [2.75, 3.05) is 6.61 Å². The summed E-state index contributed by atoms with van der Waals surface area (Å²) in [5, 5.41) is 11.1. The monoisotopic (exact) mass is 294 g/mol. The molecule has 2 nitrogen and oxygen atoms in total.